The highest BCUT2D eigenvalue weighted by Crippen LogP contribution is 2.15. The molecule has 0 fully saturated rings. The normalized spacial score (nSPS) is 10.2. The fraction of sp³-hybridized carbons (Fsp3) is 0.0714. The molecule has 0 unspecified atom stereocenters. The number of hydrogen-bond acceptors (Lipinski definition) is 6. The van der Waals surface area contributed by atoms with E-state index in [0.29, 0.717) is 10.6 Å². The van der Waals surface area contributed by atoms with Gasteiger partial charge in [-0.05, 0) is 29.2 Å². The molecule has 0 bridgehead atoms. The molecule has 0 aliphatic heterocycles. The van der Waals surface area contributed by atoms with Gasteiger partial charge in [-0.2, -0.15) is 0 Å². The Balaban J connectivity index is 2.19. The van der Waals surface area contributed by atoms with Crippen LogP contribution in [0.15, 0.2) is 42.5 Å². The molecule has 2 aromatic carbocycles. The molecule has 23 heavy (non-hydrogen) atoms. The van der Waals surface area contributed by atoms with Gasteiger partial charge >= 0.3 is 13.1 Å². The van der Waals surface area contributed by atoms with Gasteiger partial charge in [0.1, 0.15) is 6.61 Å². The average Bonchev–Trinajstić information content (AvgIpc) is 2.52. The Labute approximate surface area is 136 Å². The van der Waals surface area contributed by atoms with Crippen LogP contribution >= 0.6 is 11.6 Å². The summed E-state index contributed by atoms with van der Waals surface area (Å²) in [7, 11) is -1.94. The highest BCUT2D eigenvalue weighted by molar-refractivity contribution is 6.58. The number of benzene rings is 2. The van der Waals surface area contributed by atoms with Gasteiger partial charge in [-0.1, -0.05) is 23.7 Å². The number of ether oxygens (including phenoxy) is 1. The van der Waals surface area contributed by atoms with Crippen molar-refractivity contribution in [3.8, 4) is 0 Å². The SMILES string of the molecule is O=C(OCc1cccc(Cl)c1)c1cc(B(O)O)cc([N+](=O)[O-])c1. The summed E-state index contributed by atoms with van der Waals surface area (Å²) in [6.07, 6.45) is 0. The third-order valence-electron chi connectivity index (χ3n) is 2.94. The minimum Gasteiger partial charge on any atom is -0.457 e. The van der Waals surface area contributed by atoms with E-state index in [2.05, 4.69) is 0 Å². The van der Waals surface area contributed by atoms with Gasteiger partial charge in [-0.15, -0.1) is 0 Å². The quantitative estimate of drug-likeness (QED) is 0.369. The largest absolute Gasteiger partial charge is 0.488 e. The molecule has 0 aliphatic rings. The van der Waals surface area contributed by atoms with Crippen molar-refractivity contribution in [3.63, 3.8) is 0 Å². The zero-order valence-corrected chi connectivity index (χ0v) is 12.4. The zero-order valence-electron chi connectivity index (χ0n) is 11.7. The summed E-state index contributed by atoms with van der Waals surface area (Å²) < 4.78 is 5.06. The number of carbonyl (C=O) groups excluding carboxylic acids is 1. The number of esters is 1. The van der Waals surface area contributed by atoms with E-state index >= 15 is 0 Å². The first kappa shape index (κ1) is 16.9. The Bertz CT molecular complexity index is 752. The van der Waals surface area contributed by atoms with Crippen molar-refractivity contribution in [2.75, 3.05) is 0 Å². The molecule has 118 valence electrons. The van der Waals surface area contributed by atoms with Crippen molar-refractivity contribution < 1.29 is 24.5 Å². The highest BCUT2D eigenvalue weighted by Gasteiger charge is 2.21. The van der Waals surface area contributed by atoms with Crippen LogP contribution in [0.1, 0.15) is 15.9 Å². The number of halogens is 1. The van der Waals surface area contributed by atoms with Crippen LogP contribution in [0.3, 0.4) is 0 Å². The van der Waals surface area contributed by atoms with E-state index in [-0.39, 0.29) is 17.6 Å². The van der Waals surface area contributed by atoms with Crippen molar-refractivity contribution >= 4 is 35.8 Å². The standard InChI is InChI=1S/C14H11BClNO6/c16-12-3-1-2-9(4-12)8-23-14(18)10-5-11(15(19)20)7-13(6-10)17(21)22/h1-7,19-20H,8H2. The maximum atomic E-state index is 12.0. The summed E-state index contributed by atoms with van der Waals surface area (Å²) in [6, 6.07) is 9.78. The number of non-ortho nitro benzene ring substituents is 1. The second kappa shape index (κ2) is 7.23. The van der Waals surface area contributed by atoms with Crippen LogP contribution in [0.2, 0.25) is 5.02 Å². The van der Waals surface area contributed by atoms with Gasteiger partial charge in [0.25, 0.3) is 5.69 Å². The number of nitro groups is 1. The van der Waals surface area contributed by atoms with Crippen LogP contribution in [0.25, 0.3) is 0 Å². The molecule has 0 spiro atoms. The lowest BCUT2D eigenvalue weighted by molar-refractivity contribution is -0.384. The molecule has 7 nitrogen and oxygen atoms in total. The predicted molar refractivity (Wildman–Crippen MR) is 83.5 cm³/mol. The van der Waals surface area contributed by atoms with E-state index in [1.165, 1.54) is 0 Å². The molecule has 0 aliphatic carbocycles. The molecule has 0 atom stereocenters. The average molecular weight is 336 g/mol. The Morgan fingerprint density at radius 3 is 2.61 bits per heavy atom. The molecule has 9 heteroatoms. The van der Waals surface area contributed by atoms with E-state index in [1.807, 2.05) is 0 Å². The summed E-state index contributed by atoms with van der Waals surface area (Å²) in [4.78, 5) is 22.1. The third-order valence-corrected chi connectivity index (χ3v) is 3.18. The van der Waals surface area contributed by atoms with Crippen molar-refractivity contribution in [1.29, 1.82) is 0 Å². The Kier molecular flexibility index (Phi) is 5.33. The van der Waals surface area contributed by atoms with Crippen LogP contribution in [-0.4, -0.2) is 28.1 Å². The van der Waals surface area contributed by atoms with E-state index in [4.69, 9.17) is 26.4 Å². The summed E-state index contributed by atoms with van der Waals surface area (Å²) in [5.41, 5.74) is -0.109. The number of carbonyl (C=O) groups is 1. The molecule has 0 heterocycles. The van der Waals surface area contributed by atoms with Crippen molar-refractivity contribution in [1.82, 2.24) is 0 Å². The first-order chi connectivity index (χ1) is 10.9. The maximum Gasteiger partial charge on any atom is 0.488 e. The number of hydrogen-bond donors (Lipinski definition) is 2. The van der Waals surface area contributed by atoms with E-state index in [9.17, 15) is 14.9 Å². The molecule has 2 rings (SSSR count). The summed E-state index contributed by atoms with van der Waals surface area (Å²) in [5.74, 6) is -0.824. The monoisotopic (exact) mass is 335 g/mol. The van der Waals surface area contributed by atoms with Crippen LogP contribution in [0, 0.1) is 10.1 Å². The Morgan fingerprint density at radius 2 is 2.00 bits per heavy atom. The maximum absolute atomic E-state index is 12.0. The minimum absolute atomic E-state index is 0.0703. The van der Waals surface area contributed by atoms with Gasteiger partial charge in [0.15, 0.2) is 0 Å². The Morgan fingerprint density at radius 1 is 1.26 bits per heavy atom. The lowest BCUT2D eigenvalue weighted by atomic mass is 9.79. The van der Waals surface area contributed by atoms with Gasteiger partial charge in [0, 0.05) is 17.2 Å². The summed E-state index contributed by atoms with van der Waals surface area (Å²) in [5, 5.41) is 29.6. The van der Waals surface area contributed by atoms with Crippen molar-refractivity contribution in [3.05, 3.63) is 68.7 Å². The lowest BCUT2D eigenvalue weighted by Gasteiger charge is -2.07. The first-order valence-corrected chi connectivity index (χ1v) is 6.81. The van der Waals surface area contributed by atoms with Crippen LogP contribution < -0.4 is 5.46 Å². The van der Waals surface area contributed by atoms with Gasteiger partial charge in [0.2, 0.25) is 0 Å². The van der Waals surface area contributed by atoms with Gasteiger partial charge in [-0.3, -0.25) is 10.1 Å². The van der Waals surface area contributed by atoms with Crippen LogP contribution in [0.5, 0.6) is 0 Å². The van der Waals surface area contributed by atoms with Gasteiger partial charge in [-0.25, -0.2) is 4.79 Å². The third kappa shape index (κ3) is 4.52. The molecule has 0 saturated carbocycles. The van der Waals surface area contributed by atoms with Crippen LogP contribution in [0.4, 0.5) is 5.69 Å². The topological polar surface area (TPSA) is 110 Å². The highest BCUT2D eigenvalue weighted by atomic mass is 35.5. The molecule has 0 aromatic heterocycles. The number of rotatable bonds is 5. The van der Waals surface area contributed by atoms with Crippen molar-refractivity contribution in [2.24, 2.45) is 0 Å². The fourth-order valence-electron chi connectivity index (χ4n) is 1.87. The predicted octanol–water partition coefficient (Wildman–Crippen LogP) is 1.28. The zero-order chi connectivity index (χ0) is 17.0. The smallest absolute Gasteiger partial charge is 0.457 e. The number of nitro benzene ring substituents is 1. The Hall–Kier alpha value is -2.42. The van der Waals surface area contributed by atoms with Crippen molar-refractivity contribution in [2.45, 2.75) is 6.61 Å². The first-order valence-electron chi connectivity index (χ1n) is 6.44. The summed E-state index contributed by atoms with van der Waals surface area (Å²) in [6.45, 7) is -0.0703. The van der Waals surface area contributed by atoms with Gasteiger partial charge in [0.05, 0.1) is 10.5 Å². The van der Waals surface area contributed by atoms with Crippen LogP contribution in [-0.2, 0) is 11.3 Å². The van der Waals surface area contributed by atoms with E-state index in [1.54, 1.807) is 24.3 Å². The molecule has 2 N–H and O–H groups in total. The second-order valence-corrected chi connectivity index (χ2v) is 5.09. The van der Waals surface area contributed by atoms with Gasteiger partial charge < -0.3 is 14.8 Å². The van der Waals surface area contributed by atoms with E-state index < -0.39 is 23.7 Å². The second-order valence-electron chi connectivity index (χ2n) is 4.65. The lowest BCUT2D eigenvalue weighted by Crippen LogP contribution is -2.30. The fourth-order valence-corrected chi connectivity index (χ4v) is 2.08. The molecule has 0 saturated heterocycles. The molecule has 0 radical (unpaired) electrons. The molecule has 0 amide bonds. The summed E-state index contributed by atoms with van der Waals surface area (Å²) >= 11 is 5.82. The molecular formula is C14H11BClNO6. The molecular weight excluding hydrogens is 324 g/mol. The van der Waals surface area contributed by atoms with E-state index in [0.717, 1.165) is 18.2 Å². The minimum atomic E-state index is -1.94. The number of nitrogens with zero attached hydrogens (tertiary/aromatic N) is 1. The molecule has 2 aromatic rings.